The molecular weight excluding hydrogens is 447 g/mol. The van der Waals surface area contributed by atoms with E-state index in [1.54, 1.807) is 25.2 Å². The van der Waals surface area contributed by atoms with Gasteiger partial charge < -0.3 is 10.0 Å². The summed E-state index contributed by atoms with van der Waals surface area (Å²) in [4.78, 5) is 21.8. The Bertz CT molecular complexity index is 1250. The molecule has 0 unspecified atom stereocenters. The van der Waals surface area contributed by atoms with Crippen LogP contribution in [0.3, 0.4) is 0 Å². The number of hydrogen-bond acceptors (Lipinski definition) is 7. The predicted molar refractivity (Wildman–Crippen MR) is 134 cm³/mol. The van der Waals surface area contributed by atoms with Crippen molar-refractivity contribution in [2.24, 2.45) is 18.4 Å². The molecule has 0 aliphatic heterocycles. The first-order valence-corrected chi connectivity index (χ1v) is 12.1. The molecule has 0 spiro atoms. The van der Waals surface area contributed by atoms with Gasteiger partial charge in [0, 0.05) is 25.2 Å². The molecule has 1 aliphatic carbocycles. The molecule has 1 aliphatic rings. The Morgan fingerprint density at radius 3 is 2.66 bits per heavy atom. The number of hydrogen-bond donors (Lipinski definition) is 1. The van der Waals surface area contributed by atoms with Crippen molar-refractivity contribution < 1.29 is 9.50 Å². The van der Waals surface area contributed by atoms with Gasteiger partial charge in [-0.05, 0) is 54.9 Å². The number of aromatic hydroxyl groups is 1. The lowest BCUT2D eigenvalue weighted by molar-refractivity contribution is 0.188. The second kappa shape index (κ2) is 9.71. The minimum Gasteiger partial charge on any atom is -0.507 e. The fourth-order valence-corrected chi connectivity index (χ4v) is 4.75. The van der Waals surface area contributed by atoms with Crippen LogP contribution in [0.1, 0.15) is 46.5 Å². The van der Waals surface area contributed by atoms with Crippen LogP contribution in [-0.4, -0.2) is 49.1 Å². The minimum absolute atomic E-state index is 0.00712. The summed E-state index contributed by atoms with van der Waals surface area (Å²) < 4.78 is 16.7. The first-order valence-electron chi connectivity index (χ1n) is 12.1. The molecule has 1 saturated carbocycles. The van der Waals surface area contributed by atoms with Crippen LogP contribution in [0.2, 0.25) is 0 Å². The van der Waals surface area contributed by atoms with Crippen LogP contribution in [0.25, 0.3) is 22.6 Å². The Hall–Kier alpha value is -3.36. The third kappa shape index (κ3) is 5.04. The van der Waals surface area contributed by atoms with Crippen molar-refractivity contribution in [3.05, 3.63) is 47.1 Å². The van der Waals surface area contributed by atoms with Crippen LogP contribution < -0.4 is 10.6 Å². The summed E-state index contributed by atoms with van der Waals surface area (Å²) in [6, 6.07) is 8.22. The number of phenols is 1. The lowest BCUT2D eigenvalue weighted by Gasteiger charge is -2.36. The highest BCUT2D eigenvalue weighted by molar-refractivity contribution is 5.72. The Balaban J connectivity index is 1.57. The van der Waals surface area contributed by atoms with E-state index in [1.165, 1.54) is 17.0 Å². The highest BCUT2D eigenvalue weighted by Crippen LogP contribution is 2.42. The van der Waals surface area contributed by atoms with Gasteiger partial charge in [-0.1, -0.05) is 33.3 Å². The average Bonchev–Trinajstić information content (AvgIpc) is 2.97. The monoisotopic (exact) mass is 480 g/mol. The molecule has 2 aromatic heterocycles. The molecule has 186 valence electrons. The number of anilines is 1. The molecule has 0 radical (unpaired) electrons. The summed E-state index contributed by atoms with van der Waals surface area (Å²) in [5.41, 5.74) is 1.16. The van der Waals surface area contributed by atoms with E-state index in [2.05, 4.69) is 34.0 Å². The molecule has 1 N–H and O–H groups in total. The van der Waals surface area contributed by atoms with Crippen LogP contribution in [0, 0.1) is 11.3 Å². The van der Waals surface area contributed by atoms with E-state index in [0.29, 0.717) is 22.6 Å². The molecule has 4 rings (SSSR count). The van der Waals surface area contributed by atoms with E-state index >= 15 is 4.39 Å². The molecule has 35 heavy (non-hydrogen) atoms. The standard InChI is InChI=1S/C26H33FN6O2/c1-6-26(3)12-11-16(2)23(27)20(14-26)33(5)22-10-9-19(30-31-22)18-8-7-17(13-21(18)34)24-28-15-32(4)25(35)29-24/h7-10,13,15-16,20,23,34H,6,11-12,14H2,1-5H3/t16-,20+,23-,26+/m0/s1. The number of aromatic nitrogens is 5. The van der Waals surface area contributed by atoms with E-state index in [4.69, 9.17) is 0 Å². The third-order valence-electron chi connectivity index (χ3n) is 7.57. The first-order chi connectivity index (χ1) is 16.6. The number of benzene rings is 1. The Morgan fingerprint density at radius 1 is 1.26 bits per heavy atom. The van der Waals surface area contributed by atoms with Crippen LogP contribution in [0.15, 0.2) is 41.5 Å². The van der Waals surface area contributed by atoms with Gasteiger partial charge in [0.15, 0.2) is 11.6 Å². The van der Waals surface area contributed by atoms with Crippen LogP contribution >= 0.6 is 0 Å². The maximum absolute atomic E-state index is 15.4. The first kappa shape index (κ1) is 24.8. The molecule has 4 atom stereocenters. The molecule has 0 bridgehead atoms. The van der Waals surface area contributed by atoms with Gasteiger partial charge in [-0.3, -0.25) is 4.57 Å². The quantitative estimate of drug-likeness (QED) is 0.541. The van der Waals surface area contributed by atoms with Crippen molar-refractivity contribution in [3.8, 4) is 28.4 Å². The summed E-state index contributed by atoms with van der Waals surface area (Å²) >= 11 is 0. The smallest absolute Gasteiger partial charge is 0.350 e. The van der Waals surface area contributed by atoms with Gasteiger partial charge in [0.1, 0.15) is 18.2 Å². The van der Waals surface area contributed by atoms with Gasteiger partial charge in [-0.25, -0.2) is 14.2 Å². The molecule has 1 fully saturated rings. The van der Waals surface area contributed by atoms with Gasteiger partial charge in [-0.15, -0.1) is 10.2 Å². The van der Waals surface area contributed by atoms with Crippen molar-refractivity contribution in [2.45, 2.75) is 58.7 Å². The third-order valence-corrected chi connectivity index (χ3v) is 7.57. The SMILES string of the molecule is CC[C@]1(C)CC[C@H](C)[C@H](F)[C@H](N(C)c2ccc(-c3ccc(-c4ncn(C)c(=O)n4)cc3O)nn2)C1. The van der Waals surface area contributed by atoms with E-state index in [0.717, 1.165) is 25.7 Å². The van der Waals surface area contributed by atoms with Gasteiger partial charge in [0.05, 0.1) is 11.7 Å². The molecule has 0 amide bonds. The minimum atomic E-state index is -0.941. The van der Waals surface area contributed by atoms with Crippen LogP contribution in [0.5, 0.6) is 5.75 Å². The van der Waals surface area contributed by atoms with Crippen molar-refractivity contribution in [3.63, 3.8) is 0 Å². The van der Waals surface area contributed by atoms with E-state index in [-0.39, 0.29) is 28.9 Å². The summed E-state index contributed by atoms with van der Waals surface area (Å²) in [6.45, 7) is 6.42. The molecule has 1 aromatic carbocycles. The van der Waals surface area contributed by atoms with E-state index in [9.17, 15) is 9.90 Å². The molecule has 9 heteroatoms. The molecule has 0 saturated heterocycles. The fourth-order valence-electron chi connectivity index (χ4n) is 4.75. The summed E-state index contributed by atoms with van der Waals surface area (Å²) in [7, 11) is 3.45. The molecular formula is C26H33FN6O2. The van der Waals surface area contributed by atoms with Crippen molar-refractivity contribution in [2.75, 3.05) is 11.9 Å². The van der Waals surface area contributed by atoms with Crippen molar-refractivity contribution in [1.82, 2.24) is 24.7 Å². The Labute approximate surface area is 204 Å². The number of alkyl halides is 1. The van der Waals surface area contributed by atoms with E-state index in [1.807, 2.05) is 24.9 Å². The zero-order chi connectivity index (χ0) is 25.3. The average molecular weight is 481 g/mol. The second-order valence-electron chi connectivity index (χ2n) is 10.1. The second-order valence-corrected chi connectivity index (χ2v) is 10.1. The van der Waals surface area contributed by atoms with Gasteiger partial charge >= 0.3 is 5.69 Å². The summed E-state index contributed by atoms with van der Waals surface area (Å²) in [6.07, 6.45) is 4.14. The largest absolute Gasteiger partial charge is 0.507 e. The molecule has 2 heterocycles. The highest BCUT2D eigenvalue weighted by atomic mass is 19.1. The van der Waals surface area contributed by atoms with Gasteiger partial charge in [0.25, 0.3) is 0 Å². The number of aryl methyl sites for hydroxylation is 1. The molecule has 3 aromatic rings. The number of phenolic OH excluding ortho intramolecular Hbond substituents is 1. The zero-order valence-corrected chi connectivity index (χ0v) is 20.9. The lowest BCUT2D eigenvalue weighted by atomic mass is 9.78. The lowest BCUT2D eigenvalue weighted by Crippen LogP contribution is -2.43. The normalized spacial score (nSPS) is 24.7. The summed E-state index contributed by atoms with van der Waals surface area (Å²) in [5.74, 6) is 0.795. The fraction of sp³-hybridized carbons (Fsp3) is 0.500. The van der Waals surface area contributed by atoms with Crippen molar-refractivity contribution >= 4 is 5.82 Å². The number of nitrogens with zero attached hydrogens (tertiary/aromatic N) is 6. The zero-order valence-electron chi connectivity index (χ0n) is 20.9. The maximum Gasteiger partial charge on any atom is 0.350 e. The van der Waals surface area contributed by atoms with Gasteiger partial charge in [0.2, 0.25) is 0 Å². The number of halogens is 1. The Kier molecular flexibility index (Phi) is 6.87. The molecule has 8 nitrogen and oxygen atoms in total. The van der Waals surface area contributed by atoms with Crippen molar-refractivity contribution in [1.29, 1.82) is 0 Å². The Morgan fingerprint density at radius 2 is 2.03 bits per heavy atom. The van der Waals surface area contributed by atoms with Crippen LogP contribution in [0.4, 0.5) is 10.2 Å². The maximum atomic E-state index is 15.4. The number of rotatable bonds is 5. The highest BCUT2D eigenvalue weighted by Gasteiger charge is 2.40. The van der Waals surface area contributed by atoms with Gasteiger partial charge in [-0.2, -0.15) is 4.98 Å². The van der Waals surface area contributed by atoms with Crippen LogP contribution in [-0.2, 0) is 7.05 Å². The van der Waals surface area contributed by atoms with E-state index < -0.39 is 11.9 Å². The topological polar surface area (TPSA) is 97.0 Å². The predicted octanol–water partition coefficient (Wildman–Crippen LogP) is 4.38. The summed E-state index contributed by atoms with van der Waals surface area (Å²) in [5, 5.41) is 19.3.